The molecule has 3 N–H and O–H groups in total. The number of hydrogen-bond donors (Lipinski definition) is 2. The van der Waals surface area contributed by atoms with Crippen LogP contribution in [0.3, 0.4) is 0 Å². The molecule has 0 aliphatic carbocycles. The van der Waals surface area contributed by atoms with Gasteiger partial charge in [-0.1, -0.05) is 49.2 Å². The minimum atomic E-state index is -0.589. The van der Waals surface area contributed by atoms with Gasteiger partial charge < -0.3 is 10.8 Å². The van der Waals surface area contributed by atoms with Crippen LogP contribution in [-0.2, 0) is 0 Å². The van der Waals surface area contributed by atoms with Crippen molar-refractivity contribution >= 4 is 23.2 Å². The number of rotatable bonds is 5. The van der Waals surface area contributed by atoms with Crippen LogP contribution in [0, 0.1) is 5.92 Å². The number of nitrogens with two attached hydrogens (primary N) is 1. The van der Waals surface area contributed by atoms with Gasteiger partial charge in [0.2, 0.25) is 0 Å². The summed E-state index contributed by atoms with van der Waals surface area (Å²) in [6.45, 7) is 4.23. The molecular weight excluding hydrogens is 257 g/mol. The summed E-state index contributed by atoms with van der Waals surface area (Å²) in [5, 5.41) is 10.9. The third kappa shape index (κ3) is 4.14. The number of benzene rings is 1. The fraction of sp³-hybridized carbons (Fsp3) is 0.538. The van der Waals surface area contributed by atoms with Crippen molar-refractivity contribution in [3.05, 3.63) is 33.8 Å². The van der Waals surface area contributed by atoms with E-state index in [0.717, 1.165) is 6.42 Å². The minimum Gasteiger partial charge on any atom is -0.391 e. The lowest BCUT2D eigenvalue weighted by atomic mass is 9.96. The summed E-state index contributed by atoms with van der Waals surface area (Å²) in [5.74, 6) is 0.548. The maximum Gasteiger partial charge on any atom is 0.0733 e. The van der Waals surface area contributed by atoms with Crippen molar-refractivity contribution in [2.45, 2.75) is 38.8 Å². The van der Waals surface area contributed by atoms with E-state index >= 15 is 0 Å². The number of aliphatic hydroxyl groups is 1. The van der Waals surface area contributed by atoms with Gasteiger partial charge in [-0.2, -0.15) is 0 Å². The van der Waals surface area contributed by atoms with Crippen LogP contribution in [-0.4, -0.2) is 11.2 Å². The third-order valence-corrected chi connectivity index (χ3v) is 3.63. The van der Waals surface area contributed by atoms with Crippen molar-refractivity contribution in [1.82, 2.24) is 0 Å². The summed E-state index contributed by atoms with van der Waals surface area (Å²) in [5.41, 5.74) is 6.71. The molecule has 4 heteroatoms. The predicted octanol–water partition coefficient (Wildman–Crippen LogP) is 3.79. The zero-order valence-corrected chi connectivity index (χ0v) is 11.7. The molecule has 0 saturated carbocycles. The fourth-order valence-corrected chi connectivity index (χ4v) is 2.10. The first kappa shape index (κ1) is 14.8. The molecule has 1 rings (SSSR count). The van der Waals surface area contributed by atoms with Gasteiger partial charge in [0, 0.05) is 0 Å². The highest BCUT2D eigenvalue weighted by Crippen LogP contribution is 2.31. The molecule has 0 bridgehead atoms. The highest BCUT2D eigenvalue weighted by Gasteiger charge is 2.20. The van der Waals surface area contributed by atoms with Crippen LogP contribution in [0.4, 0.5) is 0 Å². The zero-order chi connectivity index (χ0) is 13.0. The molecule has 1 aromatic carbocycles. The molecule has 17 heavy (non-hydrogen) atoms. The van der Waals surface area contributed by atoms with Crippen molar-refractivity contribution in [3.8, 4) is 0 Å². The van der Waals surface area contributed by atoms with Gasteiger partial charge in [-0.15, -0.1) is 0 Å². The molecule has 0 fully saturated rings. The first-order valence-electron chi connectivity index (χ1n) is 5.81. The lowest BCUT2D eigenvalue weighted by Crippen LogP contribution is -2.26. The van der Waals surface area contributed by atoms with Crippen molar-refractivity contribution in [3.63, 3.8) is 0 Å². The van der Waals surface area contributed by atoms with Crippen LogP contribution in [0.15, 0.2) is 18.2 Å². The fourth-order valence-electron chi connectivity index (χ4n) is 1.67. The molecule has 0 saturated heterocycles. The van der Waals surface area contributed by atoms with E-state index in [9.17, 15) is 5.11 Å². The Hall–Kier alpha value is -0.280. The molecule has 0 radical (unpaired) electrons. The van der Waals surface area contributed by atoms with E-state index in [1.54, 1.807) is 18.2 Å². The molecule has 1 aromatic rings. The SMILES string of the molecule is CC(C)CC[C@H](O)[C@H](N)c1cccc(Cl)c1Cl. The molecule has 0 spiro atoms. The maximum absolute atomic E-state index is 10.0. The lowest BCUT2D eigenvalue weighted by Gasteiger charge is -2.21. The number of aliphatic hydroxyl groups excluding tert-OH is 1. The average Bonchev–Trinajstić information content (AvgIpc) is 2.28. The second-order valence-corrected chi connectivity index (χ2v) is 5.49. The largest absolute Gasteiger partial charge is 0.391 e. The molecule has 0 aliphatic heterocycles. The smallest absolute Gasteiger partial charge is 0.0733 e. The molecule has 0 amide bonds. The average molecular weight is 276 g/mol. The predicted molar refractivity (Wildman–Crippen MR) is 73.5 cm³/mol. The van der Waals surface area contributed by atoms with Crippen LogP contribution >= 0.6 is 23.2 Å². The summed E-state index contributed by atoms with van der Waals surface area (Å²) in [6.07, 6.45) is 1.02. The van der Waals surface area contributed by atoms with Gasteiger partial charge in [-0.05, 0) is 30.4 Å². The van der Waals surface area contributed by atoms with E-state index in [2.05, 4.69) is 13.8 Å². The van der Waals surface area contributed by atoms with E-state index < -0.39 is 12.1 Å². The molecule has 0 heterocycles. The van der Waals surface area contributed by atoms with Gasteiger partial charge in [0.15, 0.2) is 0 Å². The van der Waals surface area contributed by atoms with Crippen LogP contribution in [0.25, 0.3) is 0 Å². The van der Waals surface area contributed by atoms with Gasteiger partial charge in [-0.3, -0.25) is 0 Å². The van der Waals surface area contributed by atoms with E-state index in [-0.39, 0.29) is 0 Å². The molecular formula is C13H19Cl2NO. The summed E-state index contributed by atoms with van der Waals surface area (Å²) < 4.78 is 0. The summed E-state index contributed by atoms with van der Waals surface area (Å²) in [6, 6.07) is 4.82. The van der Waals surface area contributed by atoms with E-state index in [4.69, 9.17) is 28.9 Å². The Bertz CT molecular complexity index is 368. The van der Waals surface area contributed by atoms with Crippen LogP contribution < -0.4 is 5.73 Å². The van der Waals surface area contributed by atoms with E-state index in [1.165, 1.54) is 0 Å². The summed E-state index contributed by atoms with van der Waals surface area (Å²) >= 11 is 12.0. The highest BCUT2D eigenvalue weighted by atomic mass is 35.5. The Morgan fingerprint density at radius 3 is 2.47 bits per heavy atom. The van der Waals surface area contributed by atoms with Gasteiger partial charge in [-0.25, -0.2) is 0 Å². The van der Waals surface area contributed by atoms with Crippen LogP contribution in [0.1, 0.15) is 38.3 Å². The third-order valence-electron chi connectivity index (χ3n) is 2.79. The Balaban J connectivity index is 2.74. The van der Waals surface area contributed by atoms with Crippen molar-refractivity contribution in [1.29, 1.82) is 0 Å². The standard InChI is InChI=1S/C13H19Cl2NO/c1-8(2)6-7-11(17)13(16)9-4-3-5-10(14)12(9)15/h3-5,8,11,13,17H,6-7,16H2,1-2H3/t11-,13+/m0/s1. The first-order chi connectivity index (χ1) is 7.93. The zero-order valence-electron chi connectivity index (χ0n) is 10.2. The van der Waals surface area contributed by atoms with Gasteiger partial charge in [0.25, 0.3) is 0 Å². The summed E-state index contributed by atoms with van der Waals surface area (Å²) in [4.78, 5) is 0. The van der Waals surface area contributed by atoms with Crippen LogP contribution in [0.5, 0.6) is 0 Å². The molecule has 2 nitrogen and oxygen atoms in total. The van der Waals surface area contributed by atoms with E-state index in [1.807, 2.05) is 0 Å². The van der Waals surface area contributed by atoms with Crippen LogP contribution in [0.2, 0.25) is 10.0 Å². The minimum absolute atomic E-state index is 0.435. The quantitative estimate of drug-likeness (QED) is 0.859. The second kappa shape index (κ2) is 6.60. The molecule has 2 atom stereocenters. The van der Waals surface area contributed by atoms with Crippen molar-refractivity contribution in [2.75, 3.05) is 0 Å². The first-order valence-corrected chi connectivity index (χ1v) is 6.56. The van der Waals surface area contributed by atoms with Crippen molar-refractivity contribution < 1.29 is 5.11 Å². The van der Waals surface area contributed by atoms with Crippen molar-refractivity contribution in [2.24, 2.45) is 11.7 Å². The maximum atomic E-state index is 10.0. The van der Waals surface area contributed by atoms with E-state index in [0.29, 0.717) is 27.9 Å². The summed E-state index contributed by atoms with van der Waals surface area (Å²) in [7, 11) is 0. The monoisotopic (exact) mass is 275 g/mol. The second-order valence-electron chi connectivity index (χ2n) is 4.71. The topological polar surface area (TPSA) is 46.2 Å². The van der Waals surface area contributed by atoms with Gasteiger partial charge in [0.1, 0.15) is 0 Å². The van der Waals surface area contributed by atoms with Gasteiger partial charge >= 0.3 is 0 Å². The normalized spacial score (nSPS) is 15.0. The molecule has 0 unspecified atom stereocenters. The Morgan fingerprint density at radius 1 is 1.24 bits per heavy atom. The molecule has 96 valence electrons. The number of halogens is 2. The number of hydrogen-bond acceptors (Lipinski definition) is 2. The Labute approximate surface area is 113 Å². The molecule has 0 aromatic heterocycles. The Morgan fingerprint density at radius 2 is 1.88 bits per heavy atom. The lowest BCUT2D eigenvalue weighted by molar-refractivity contribution is 0.128. The Kier molecular flexibility index (Phi) is 5.74. The highest BCUT2D eigenvalue weighted by molar-refractivity contribution is 6.42. The van der Waals surface area contributed by atoms with Gasteiger partial charge in [0.05, 0.1) is 22.2 Å². The molecule has 0 aliphatic rings.